The lowest BCUT2D eigenvalue weighted by Crippen LogP contribution is -2.18. The van der Waals surface area contributed by atoms with E-state index in [2.05, 4.69) is 16.2 Å². The Labute approximate surface area is 161 Å². The van der Waals surface area contributed by atoms with Crippen LogP contribution in [-0.4, -0.2) is 26.4 Å². The van der Waals surface area contributed by atoms with Gasteiger partial charge in [-0.1, -0.05) is 23.7 Å². The number of hydrogen-bond acceptors (Lipinski definition) is 3. The Kier molecular flexibility index (Phi) is 4.19. The average Bonchev–Trinajstić information content (AvgIpc) is 3.36. The summed E-state index contributed by atoms with van der Waals surface area (Å²) >= 11 is 6.25. The second-order valence-electron chi connectivity index (χ2n) is 6.80. The molecule has 5 rings (SSSR count). The number of aromatic amines is 1. The third-order valence-corrected chi connectivity index (χ3v) is 5.27. The molecule has 0 spiro atoms. The fourth-order valence-corrected chi connectivity index (χ4v) is 3.90. The van der Waals surface area contributed by atoms with Crippen LogP contribution in [-0.2, 0) is 4.74 Å². The summed E-state index contributed by atoms with van der Waals surface area (Å²) < 4.78 is 7.92. The zero-order chi connectivity index (χ0) is 18.2. The van der Waals surface area contributed by atoms with Crippen molar-refractivity contribution in [2.75, 3.05) is 6.61 Å². The highest BCUT2D eigenvalue weighted by Gasteiger charge is 2.22. The molecule has 4 heterocycles. The monoisotopic (exact) mass is 378 g/mol. The second-order valence-corrected chi connectivity index (χ2v) is 7.24. The molecule has 1 saturated heterocycles. The maximum Gasteiger partial charge on any atom is 0.150 e. The van der Waals surface area contributed by atoms with Gasteiger partial charge < -0.3 is 9.72 Å². The molecule has 27 heavy (non-hydrogen) atoms. The van der Waals surface area contributed by atoms with Gasteiger partial charge in [-0.15, -0.1) is 0 Å². The summed E-state index contributed by atoms with van der Waals surface area (Å²) in [5, 5.41) is 6.69. The Morgan fingerprint density at radius 3 is 2.96 bits per heavy atom. The van der Waals surface area contributed by atoms with Gasteiger partial charge in [0.1, 0.15) is 17.6 Å². The molecular formula is C21H19ClN4O. The Bertz CT molecular complexity index is 1090. The Morgan fingerprint density at radius 2 is 2.11 bits per heavy atom. The van der Waals surface area contributed by atoms with Crippen molar-refractivity contribution in [3.63, 3.8) is 0 Å². The lowest BCUT2D eigenvalue weighted by molar-refractivity contribution is -0.0393. The summed E-state index contributed by atoms with van der Waals surface area (Å²) in [6, 6.07) is 11.9. The van der Waals surface area contributed by atoms with Crippen LogP contribution in [0.25, 0.3) is 33.4 Å². The number of benzene rings is 1. The third-order valence-electron chi connectivity index (χ3n) is 5.03. The van der Waals surface area contributed by atoms with Gasteiger partial charge in [-0.2, -0.15) is 5.10 Å². The Morgan fingerprint density at radius 1 is 1.15 bits per heavy atom. The largest absolute Gasteiger partial charge is 0.357 e. The molecule has 0 saturated carbocycles. The molecule has 1 aliphatic rings. The van der Waals surface area contributed by atoms with Crippen LogP contribution < -0.4 is 0 Å². The fraction of sp³-hybridized carbons (Fsp3) is 0.238. The first-order valence-electron chi connectivity index (χ1n) is 9.19. The summed E-state index contributed by atoms with van der Waals surface area (Å²) in [4.78, 5) is 7.60. The molecule has 1 N–H and O–H groups in total. The van der Waals surface area contributed by atoms with Crippen LogP contribution in [0.1, 0.15) is 25.5 Å². The van der Waals surface area contributed by atoms with E-state index >= 15 is 0 Å². The van der Waals surface area contributed by atoms with Crippen molar-refractivity contribution < 1.29 is 4.74 Å². The minimum absolute atomic E-state index is 0.0195. The number of hydrogen-bond donors (Lipinski definition) is 1. The Balaban J connectivity index is 1.71. The molecule has 1 unspecified atom stereocenters. The summed E-state index contributed by atoms with van der Waals surface area (Å²) in [6.07, 6.45) is 9.05. The molecule has 0 aliphatic carbocycles. The molecule has 136 valence electrons. The van der Waals surface area contributed by atoms with E-state index in [1.807, 2.05) is 53.5 Å². The van der Waals surface area contributed by atoms with Crippen molar-refractivity contribution >= 4 is 22.6 Å². The third kappa shape index (κ3) is 3.03. The fourth-order valence-electron chi connectivity index (χ4n) is 3.71. The first kappa shape index (κ1) is 16.5. The first-order valence-corrected chi connectivity index (χ1v) is 9.56. The van der Waals surface area contributed by atoms with E-state index in [4.69, 9.17) is 21.4 Å². The molecule has 1 aliphatic heterocycles. The number of H-pyrrole nitrogens is 1. The van der Waals surface area contributed by atoms with Crippen molar-refractivity contribution in [3.8, 4) is 22.4 Å². The standard InChI is InChI=1S/C21H19ClN4O/c22-15-5-3-4-14(12-15)20-18(13-26(25-20)19-6-1-2-11-27-19)16-7-9-23-21-17(16)8-10-24-21/h3-5,7-10,12-13,19H,1-2,6,11H2,(H,23,24). The van der Waals surface area contributed by atoms with Crippen LogP contribution >= 0.6 is 11.6 Å². The van der Waals surface area contributed by atoms with Crippen LogP contribution in [0.15, 0.2) is 55.0 Å². The van der Waals surface area contributed by atoms with Crippen molar-refractivity contribution in [3.05, 3.63) is 60.0 Å². The van der Waals surface area contributed by atoms with Gasteiger partial charge in [-0.25, -0.2) is 9.67 Å². The van der Waals surface area contributed by atoms with Crippen LogP contribution in [0.4, 0.5) is 0 Å². The van der Waals surface area contributed by atoms with Crippen molar-refractivity contribution in [1.82, 2.24) is 19.7 Å². The number of nitrogens with one attached hydrogen (secondary N) is 1. The quantitative estimate of drug-likeness (QED) is 0.516. The van der Waals surface area contributed by atoms with E-state index in [-0.39, 0.29) is 6.23 Å². The maximum absolute atomic E-state index is 6.25. The summed E-state index contributed by atoms with van der Waals surface area (Å²) in [5.74, 6) is 0. The number of halogens is 1. The molecule has 0 radical (unpaired) electrons. The average molecular weight is 379 g/mol. The van der Waals surface area contributed by atoms with Crippen molar-refractivity contribution in [2.45, 2.75) is 25.5 Å². The van der Waals surface area contributed by atoms with Crippen LogP contribution in [0.5, 0.6) is 0 Å². The summed E-state index contributed by atoms with van der Waals surface area (Å²) in [6.45, 7) is 0.781. The molecule has 0 amide bonds. The topological polar surface area (TPSA) is 55.7 Å². The summed E-state index contributed by atoms with van der Waals surface area (Å²) in [5.41, 5.74) is 4.91. The zero-order valence-corrected chi connectivity index (χ0v) is 15.5. The zero-order valence-electron chi connectivity index (χ0n) is 14.7. The highest BCUT2D eigenvalue weighted by Crippen LogP contribution is 2.37. The molecule has 0 bridgehead atoms. The molecule has 3 aromatic heterocycles. The van der Waals surface area contributed by atoms with Gasteiger partial charge in [0.15, 0.2) is 0 Å². The van der Waals surface area contributed by atoms with Gasteiger partial charge in [0.25, 0.3) is 0 Å². The van der Waals surface area contributed by atoms with Gasteiger partial charge in [0.05, 0.1) is 0 Å². The number of ether oxygens (including phenoxy) is 1. The molecule has 4 aromatic rings. The first-order chi connectivity index (χ1) is 13.3. The SMILES string of the molecule is Clc1cccc(-c2nn(C3CCCCO3)cc2-c2ccnc3[nH]ccc23)c1. The van der Waals surface area contributed by atoms with E-state index < -0.39 is 0 Å². The normalized spacial score (nSPS) is 17.4. The highest BCUT2D eigenvalue weighted by molar-refractivity contribution is 6.30. The minimum atomic E-state index is -0.0195. The number of rotatable bonds is 3. The van der Waals surface area contributed by atoms with E-state index in [0.717, 1.165) is 59.3 Å². The van der Waals surface area contributed by atoms with E-state index in [9.17, 15) is 0 Å². The van der Waals surface area contributed by atoms with E-state index in [1.165, 1.54) is 0 Å². The summed E-state index contributed by atoms with van der Waals surface area (Å²) in [7, 11) is 0. The lowest BCUT2D eigenvalue weighted by Gasteiger charge is -2.22. The highest BCUT2D eigenvalue weighted by atomic mass is 35.5. The number of fused-ring (bicyclic) bond motifs is 1. The smallest absolute Gasteiger partial charge is 0.150 e. The number of aromatic nitrogens is 4. The number of pyridine rings is 1. The van der Waals surface area contributed by atoms with Gasteiger partial charge in [0, 0.05) is 46.7 Å². The maximum atomic E-state index is 6.25. The molecule has 1 fully saturated rings. The molecule has 1 atom stereocenters. The minimum Gasteiger partial charge on any atom is -0.357 e. The van der Waals surface area contributed by atoms with Gasteiger partial charge >= 0.3 is 0 Å². The van der Waals surface area contributed by atoms with Crippen molar-refractivity contribution in [2.24, 2.45) is 0 Å². The van der Waals surface area contributed by atoms with Crippen molar-refractivity contribution in [1.29, 1.82) is 0 Å². The molecular weight excluding hydrogens is 360 g/mol. The lowest BCUT2D eigenvalue weighted by atomic mass is 10.0. The van der Waals surface area contributed by atoms with Crippen LogP contribution in [0.3, 0.4) is 0 Å². The number of nitrogens with zero attached hydrogens (tertiary/aromatic N) is 3. The Hall–Kier alpha value is -2.63. The van der Waals surface area contributed by atoms with Gasteiger partial charge in [0.2, 0.25) is 0 Å². The molecule has 6 heteroatoms. The second kappa shape index (κ2) is 6.83. The van der Waals surface area contributed by atoms with E-state index in [0.29, 0.717) is 5.02 Å². The predicted molar refractivity (Wildman–Crippen MR) is 107 cm³/mol. The van der Waals surface area contributed by atoms with E-state index in [1.54, 1.807) is 0 Å². The molecule has 1 aromatic carbocycles. The van der Waals surface area contributed by atoms with Gasteiger partial charge in [-0.05, 0) is 49.1 Å². The van der Waals surface area contributed by atoms with Gasteiger partial charge in [-0.3, -0.25) is 0 Å². The predicted octanol–water partition coefficient (Wildman–Crippen LogP) is 5.45. The van der Waals surface area contributed by atoms with Crippen LogP contribution in [0.2, 0.25) is 5.02 Å². The molecule has 5 nitrogen and oxygen atoms in total. The van der Waals surface area contributed by atoms with Crippen LogP contribution in [0, 0.1) is 0 Å².